The lowest BCUT2D eigenvalue weighted by Gasteiger charge is -2.18. The van der Waals surface area contributed by atoms with E-state index in [0.717, 1.165) is 12.5 Å². The van der Waals surface area contributed by atoms with E-state index in [1.54, 1.807) is 6.07 Å². The van der Waals surface area contributed by atoms with E-state index in [1.165, 1.54) is 25.3 Å². The largest absolute Gasteiger partial charge is 0.397 e. The van der Waals surface area contributed by atoms with E-state index in [9.17, 15) is 4.39 Å². The Balaban J connectivity index is 2.01. The van der Waals surface area contributed by atoms with E-state index in [1.807, 2.05) is 0 Å². The highest BCUT2D eigenvalue weighted by molar-refractivity contribution is 9.10. The Kier molecular flexibility index (Phi) is 3.92. The Morgan fingerprint density at radius 2 is 2.24 bits per heavy atom. The monoisotopic (exact) mass is 300 g/mol. The Hall–Kier alpha value is -0.770. The number of nitrogens with two attached hydrogens (primary N) is 1. The summed E-state index contributed by atoms with van der Waals surface area (Å²) in [5, 5.41) is 3.27. The third-order valence-electron chi connectivity index (χ3n) is 3.69. The van der Waals surface area contributed by atoms with Crippen LogP contribution in [0.3, 0.4) is 0 Å². The molecule has 1 aliphatic rings. The standard InChI is InChI=1S/C13H18BrFN2/c1-8-3-2-4-9(8)7-17-13-6-11(15)10(14)5-12(13)16/h5-6,8-9,17H,2-4,7,16H2,1H3. The van der Waals surface area contributed by atoms with E-state index in [-0.39, 0.29) is 5.82 Å². The van der Waals surface area contributed by atoms with Gasteiger partial charge in [0.1, 0.15) is 5.82 Å². The fourth-order valence-electron chi connectivity index (χ4n) is 2.48. The molecule has 0 radical (unpaired) electrons. The summed E-state index contributed by atoms with van der Waals surface area (Å²) in [4.78, 5) is 0. The molecule has 2 atom stereocenters. The van der Waals surface area contributed by atoms with Crippen molar-refractivity contribution in [3.8, 4) is 0 Å². The predicted molar refractivity (Wildman–Crippen MR) is 73.5 cm³/mol. The summed E-state index contributed by atoms with van der Waals surface area (Å²) in [7, 11) is 0. The number of benzene rings is 1. The van der Waals surface area contributed by atoms with Crippen LogP contribution in [0.25, 0.3) is 0 Å². The Morgan fingerprint density at radius 1 is 1.47 bits per heavy atom. The van der Waals surface area contributed by atoms with E-state index in [2.05, 4.69) is 28.2 Å². The second-order valence-electron chi connectivity index (χ2n) is 4.90. The molecule has 0 amide bonds. The van der Waals surface area contributed by atoms with Crippen molar-refractivity contribution >= 4 is 27.3 Å². The van der Waals surface area contributed by atoms with E-state index in [0.29, 0.717) is 21.8 Å². The fourth-order valence-corrected chi connectivity index (χ4v) is 2.84. The lowest BCUT2D eigenvalue weighted by Crippen LogP contribution is -2.17. The quantitative estimate of drug-likeness (QED) is 0.828. The molecule has 94 valence electrons. The van der Waals surface area contributed by atoms with Gasteiger partial charge in [-0.3, -0.25) is 0 Å². The summed E-state index contributed by atoms with van der Waals surface area (Å²) in [5.41, 5.74) is 7.14. The van der Waals surface area contributed by atoms with Crippen molar-refractivity contribution in [1.82, 2.24) is 0 Å². The number of anilines is 2. The number of nitrogens with one attached hydrogen (secondary N) is 1. The second kappa shape index (κ2) is 5.25. The Bertz CT molecular complexity index is 409. The molecule has 0 spiro atoms. The van der Waals surface area contributed by atoms with Crippen molar-refractivity contribution in [2.75, 3.05) is 17.6 Å². The predicted octanol–water partition coefficient (Wildman–Crippen LogP) is 4.02. The maximum absolute atomic E-state index is 13.4. The van der Waals surface area contributed by atoms with Crippen LogP contribution in [0, 0.1) is 17.7 Å². The van der Waals surface area contributed by atoms with Crippen LogP contribution in [-0.2, 0) is 0 Å². The van der Waals surface area contributed by atoms with E-state index in [4.69, 9.17) is 5.73 Å². The molecule has 1 aromatic carbocycles. The van der Waals surface area contributed by atoms with Crippen LogP contribution < -0.4 is 11.1 Å². The molecule has 1 aliphatic carbocycles. The molecule has 2 unspecified atom stereocenters. The van der Waals surface area contributed by atoms with Gasteiger partial charge in [0.2, 0.25) is 0 Å². The van der Waals surface area contributed by atoms with Crippen molar-refractivity contribution in [3.05, 3.63) is 22.4 Å². The van der Waals surface area contributed by atoms with Crippen LogP contribution in [0.2, 0.25) is 0 Å². The highest BCUT2D eigenvalue weighted by Gasteiger charge is 2.23. The van der Waals surface area contributed by atoms with Gasteiger partial charge in [-0.2, -0.15) is 0 Å². The fraction of sp³-hybridized carbons (Fsp3) is 0.538. The molecule has 1 fully saturated rings. The second-order valence-corrected chi connectivity index (χ2v) is 5.76. The molecular weight excluding hydrogens is 283 g/mol. The Morgan fingerprint density at radius 3 is 2.88 bits per heavy atom. The van der Waals surface area contributed by atoms with Gasteiger partial charge in [-0.15, -0.1) is 0 Å². The number of nitrogen functional groups attached to an aromatic ring is 1. The zero-order chi connectivity index (χ0) is 12.4. The van der Waals surface area contributed by atoms with Crippen molar-refractivity contribution in [2.24, 2.45) is 11.8 Å². The summed E-state index contributed by atoms with van der Waals surface area (Å²) >= 11 is 3.12. The first kappa shape index (κ1) is 12.7. The van der Waals surface area contributed by atoms with Crippen molar-refractivity contribution in [2.45, 2.75) is 26.2 Å². The lowest BCUT2D eigenvalue weighted by atomic mass is 9.98. The highest BCUT2D eigenvalue weighted by atomic mass is 79.9. The van der Waals surface area contributed by atoms with Crippen molar-refractivity contribution in [3.63, 3.8) is 0 Å². The molecule has 0 aromatic heterocycles. The van der Waals surface area contributed by atoms with Crippen molar-refractivity contribution < 1.29 is 4.39 Å². The molecule has 0 aliphatic heterocycles. The molecule has 2 nitrogen and oxygen atoms in total. The van der Waals surface area contributed by atoms with Crippen LogP contribution >= 0.6 is 15.9 Å². The van der Waals surface area contributed by atoms with Crippen LogP contribution in [0.1, 0.15) is 26.2 Å². The first-order valence-corrected chi connectivity index (χ1v) is 6.85. The number of rotatable bonds is 3. The van der Waals surface area contributed by atoms with Crippen LogP contribution in [0.5, 0.6) is 0 Å². The van der Waals surface area contributed by atoms with Crippen LogP contribution in [0.4, 0.5) is 15.8 Å². The van der Waals surface area contributed by atoms with Gasteiger partial charge in [-0.05, 0) is 40.3 Å². The van der Waals surface area contributed by atoms with Gasteiger partial charge in [0, 0.05) is 12.6 Å². The van der Waals surface area contributed by atoms with Gasteiger partial charge in [0.25, 0.3) is 0 Å². The average Bonchev–Trinajstić information content (AvgIpc) is 2.68. The number of halogens is 2. The smallest absolute Gasteiger partial charge is 0.139 e. The summed E-state index contributed by atoms with van der Waals surface area (Å²) in [5.74, 6) is 1.16. The lowest BCUT2D eigenvalue weighted by molar-refractivity contribution is 0.439. The van der Waals surface area contributed by atoms with Gasteiger partial charge in [-0.25, -0.2) is 4.39 Å². The summed E-state index contributed by atoms with van der Waals surface area (Å²) in [6.45, 7) is 3.16. The van der Waals surface area contributed by atoms with Gasteiger partial charge in [0.05, 0.1) is 15.8 Å². The number of hydrogen-bond donors (Lipinski definition) is 2. The third kappa shape index (κ3) is 2.92. The van der Waals surface area contributed by atoms with Gasteiger partial charge in [-0.1, -0.05) is 19.8 Å². The van der Waals surface area contributed by atoms with Crippen molar-refractivity contribution in [1.29, 1.82) is 0 Å². The van der Waals surface area contributed by atoms with Crippen LogP contribution in [-0.4, -0.2) is 6.54 Å². The highest BCUT2D eigenvalue weighted by Crippen LogP contribution is 2.32. The zero-order valence-corrected chi connectivity index (χ0v) is 11.6. The molecule has 1 aromatic rings. The first-order chi connectivity index (χ1) is 8.08. The molecule has 17 heavy (non-hydrogen) atoms. The Labute approximate surface area is 110 Å². The molecule has 1 saturated carbocycles. The first-order valence-electron chi connectivity index (χ1n) is 6.06. The molecule has 2 rings (SSSR count). The molecule has 3 N–H and O–H groups in total. The normalized spacial score (nSPS) is 23.9. The van der Waals surface area contributed by atoms with Crippen LogP contribution in [0.15, 0.2) is 16.6 Å². The summed E-state index contributed by atoms with van der Waals surface area (Å²) < 4.78 is 13.8. The minimum atomic E-state index is -0.277. The SMILES string of the molecule is CC1CCCC1CNc1cc(F)c(Br)cc1N. The molecule has 0 saturated heterocycles. The molecular formula is C13H18BrFN2. The maximum Gasteiger partial charge on any atom is 0.139 e. The van der Waals surface area contributed by atoms with Gasteiger partial charge in [0.15, 0.2) is 0 Å². The zero-order valence-electron chi connectivity index (χ0n) is 9.97. The molecule has 4 heteroatoms. The summed E-state index contributed by atoms with van der Waals surface area (Å²) in [6.07, 6.45) is 3.86. The maximum atomic E-state index is 13.4. The topological polar surface area (TPSA) is 38.0 Å². The number of hydrogen-bond acceptors (Lipinski definition) is 2. The minimum Gasteiger partial charge on any atom is -0.397 e. The van der Waals surface area contributed by atoms with E-state index >= 15 is 0 Å². The minimum absolute atomic E-state index is 0.277. The van der Waals surface area contributed by atoms with Gasteiger partial charge < -0.3 is 11.1 Å². The van der Waals surface area contributed by atoms with E-state index < -0.39 is 0 Å². The third-order valence-corrected chi connectivity index (χ3v) is 4.29. The molecule has 0 bridgehead atoms. The summed E-state index contributed by atoms with van der Waals surface area (Å²) in [6, 6.07) is 3.06. The molecule has 0 heterocycles. The average molecular weight is 301 g/mol. The van der Waals surface area contributed by atoms with Gasteiger partial charge >= 0.3 is 0 Å².